The summed E-state index contributed by atoms with van der Waals surface area (Å²) in [7, 11) is 0. The van der Waals surface area contributed by atoms with E-state index in [2.05, 4.69) is 0 Å². The fourth-order valence-electron chi connectivity index (χ4n) is 6.20. The highest BCUT2D eigenvalue weighted by Gasteiger charge is 2.64. The Balaban J connectivity index is 1.38. The quantitative estimate of drug-likeness (QED) is 0.304. The van der Waals surface area contributed by atoms with Gasteiger partial charge in [0.05, 0.1) is 23.6 Å². The molecule has 2 fully saturated rings. The number of anilines is 1. The number of imide groups is 1. The number of ketones is 1. The average Bonchev–Trinajstić information content (AvgIpc) is 3.40. The maximum atomic E-state index is 14.0. The van der Waals surface area contributed by atoms with Crippen molar-refractivity contribution in [2.75, 3.05) is 4.90 Å². The molecule has 3 aliphatic rings. The van der Waals surface area contributed by atoms with Crippen LogP contribution in [0, 0.1) is 11.8 Å². The Morgan fingerprint density at radius 2 is 1.39 bits per heavy atom. The maximum absolute atomic E-state index is 14.0. The van der Waals surface area contributed by atoms with Gasteiger partial charge >= 0.3 is 0 Å². The first-order valence-electron chi connectivity index (χ1n) is 12.1. The first-order valence-corrected chi connectivity index (χ1v) is 12.1. The molecule has 3 heterocycles. The summed E-state index contributed by atoms with van der Waals surface area (Å²) in [6.07, 6.45) is 3.85. The van der Waals surface area contributed by atoms with E-state index in [9.17, 15) is 14.4 Å². The molecule has 0 unspecified atom stereocenters. The first kappa shape index (κ1) is 20.8. The lowest BCUT2D eigenvalue weighted by atomic mass is 9.83. The summed E-state index contributed by atoms with van der Waals surface area (Å²) < 4.78 is 0. The summed E-state index contributed by atoms with van der Waals surface area (Å²) >= 11 is 0. The van der Waals surface area contributed by atoms with Crippen molar-refractivity contribution in [1.29, 1.82) is 0 Å². The van der Waals surface area contributed by atoms with E-state index in [0.717, 1.165) is 21.9 Å². The monoisotopic (exact) mass is 470 g/mol. The van der Waals surface area contributed by atoms with E-state index in [1.807, 2.05) is 102 Å². The fraction of sp³-hybridized carbons (Fsp3) is 0.129. The van der Waals surface area contributed by atoms with Crippen LogP contribution in [0.1, 0.15) is 27.5 Å². The minimum absolute atomic E-state index is 0.140. The van der Waals surface area contributed by atoms with Crippen LogP contribution in [0.2, 0.25) is 0 Å². The smallest absolute Gasteiger partial charge is 0.240 e. The standard InChI is InChI=1S/C31H22N2O3/c34-29(21-10-2-1-3-11-21)28-26-25(27-24-13-7-6-9-20(24)16-17-32(27)28)30(35)33(31(26)36)23-15-14-19-8-4-5-12-22(19)18-23/h1-18,25-28H/t25-,26+,27+,28-/m0/s1. The highest BCUT2D eigenvalue weighted by molar-refractivity contribution is 6.25. The minimum atomic E-state index is -0.766. The van der Waals surface area contributed by atoms with E-state index in [0.29, 0.717) is 11.3 Å². The first-order chi connectivity index (χ1) is 17.6. The second-order valence-electron chi connectivity index (χ2n) is 9.61. The Labute approximate surface area is 208 Å². The van der Waals surface area contributed by atoms with Gasteiger partial charge in [0, 0.05) is 11.8 Å². The molecule has 7 rings (SSSR count). The molecule has 5 nitrogen and oxygen atoms in total. The van der Waals surface area contributed by atoms with Gasteiger partial charge < -0.3 is 4.90 Å². The summed E-state index contributed by atoms with van der Waals surface area (Å²) in [4.78, 5) is 45.2. The molecule has 0 spiro atoms. The third-order valence-electron chi connectivity index (χ3n) is 7.78. The molecule has 0 radical (unpaired) electrons. The van der Waals surface area contributed by atoms with Gasteiger partial charge in [0.2, 0.25) is 11.8 Å². The van der Waals surface area contributed by atoms with Crippen LogP contribution in [0.3, 0.4) is 0 Å². The Kier molecular flexibility index (Phi) is 4.48. The van der Waals surface area contributed by atoms with Gasteiger partial charge in [0.15, 0.2) is 5.78 Å². The molecular formula is C31H22N2O3. The number of carbonyl (C=O) groups is 3. The highest BCUT2D eigenvalue weighted by Crippen LogP contribution is 2.53. The summed E-state index contributed by atoms with van der Waals surface area (Å²) in [6, 6.07) is 29.3. The van der Waals surface area contributed by atoms with Crippen molar-refractivity contribution in [3.8, 4) is 0 Å². The number of fused-ring (bicyclic) bond motifs is 6. The van der Waals surface area contributed by atoms with E-state index in [1.54, 1.807) is 12.1 Å². The van der Waals surface area contributed by atoms with Crippen molar-refractivity contribution < 1.29 is 14.4 Å². The third-order valence-corrected chi connectivity index (χ3v) is 7.78. The van der Waals surface area contributed by atoms with Crippen molar-refractivity contribution in [2.45, 2.75) is 12.1 Å². The minimum Gasteiger partial charge on any atom is -0.358 e. The second kappa shape index (κ2) is 7.75. The molecule has 4 aromatic carbocycles. The SMILES string of the molecule is O=C(c1ccccc1)[C@@H]1[C@@H]2C(=O)N(c3ccc4ccccc4c3)C(=O)[C@@H]2[C@H]2c3ccccc3C=CN12. The van der Waals surface area contributed by atoms with Gasteiger partial charge in [-0.25, -0.2) is 4.90 Å². The number of hydrogen-bond acceptors (Lipinski definition) is 4. The van der Waals surface area contributed by atoms with Crippen molar-refractivity contribution >= 4 is 40.1 Å². The van der Waals surface area contributed by atoms with Gasteiger partial charge in [-0.15, -0.1) is 0 Å². The number of amides is 2. The van der Waals surface area contributed by atoms with E-state index < -0.39 is 17.9 Å². The molecule has 2 amide bonds. The van der Waals surface area contributed by atoms with Crippen LogP contribution in [0.4, 0.5) is 5.69 Å². The molecule has 0 N–H and O–H groups in total. The van der Waals surface area contributed by atoms with Crippen LogP contribution in [0.25, 0.3) is 16.8 Å². The van der Waals surface area contributed by atoms with E-state index in [1.165, 1.54) is 4.90 Å². The molecule has 3 aliphatic heterocycles. The topological polar surface area (TPSA) is 57.7 Å². The van der Waals surface area contributed by atoms with Crippen LogP contribution >= 0.6 is 0 Å². The molecule has 0 aliphatic carbocycles. The number of hydrogen-bond donors (Lipinski definition) is 0. The number of nitrogens with zero attached hydrogens (tertiary/aromatic N) is 2. The molecule has 36 heavy (non-hydrogen) atoms. The lowest BCUT2D eigenvalue weighted by Gasteiger charge is -2.35. The normalized spacial score (nSPS) is 24.1. The number of carbonyl (C=O) groups excluding carboxylic acids is 3. The van der Waals surface area contributed by atoms with E-state index in [-0.39, 0.29) is 23.6 Å². The number of Topliss-reactive ketones (excluding diaryl/α,β-unsaturated/α-hetero) is 1. The molecular weight excluding hydrogens is 448 g/mol. The van der Waals surface area contributed by atoms with Crippen molar-refractivity contribution in [3.63, 3.8) is 0 Å². The Bertz CT molecular complexity index is 1590. The lowest BCUT2D eigenvalue weighted by Crippen LogP contribution is -2.44. The Morgan fingerprint density at radius 1 is 0.694 bits per heavy atom. The van der Waals surface area contributed by atoms with Gasteiger partial charge in [0.1, 0.15) is 6.04 Å². The van der Waals surface area contributed by atoms with Crippen molar-refractivity contribution in [1.82, 2.24) is 4.90 Å². The van der Waals surface area contributed by atoms with Gasteiger partial charge in [-0.05, 0) is 40.1 Å². The van der Waals surface area contributed by atoms with Gasteiger partial charge in [-0.3, -0.25) is 14.4 Å². The van der Waals surface area contributed by atoms with E-state index >= 15 is 0 Å². The predicted molar refractivity (Wildman–Crippen MR) is 138 cm³/mol. The van der Waals surface area contributed by atoms with Crippen LogP contribution < -0.4 is 4.90 Å². The molecule has 0 saturated carbocycles. The Morgan fingerprint density at radius 3 is 2.22 bits per heavy atom. The van der Waals surface area contributed by atoms with Crippen LogP contribution in [-0.4, -0.2) is 28.5 Å². The molecule has 4 aromatic rings. The molecule has 0 bridgehead atoms. The zero-order valence-electron chi connectivity index (χ0n) is 19.3. The Hall–Kier alpha value is -4.51. The summed E-state index contributed by atoms with van der Waals surface area (Å²) in [6.45, 7) is 0. The van der Waals surface area contributed by atoms with Crippen molar-refractivity contribution in [2.24, 2.45) is 11.8 Å². The van der Waals surface area contributed by atoms with Gasteiger partial charge in [-0.2, -0.15) is 0 Å². The third kappa shape index (κ3) is 2.86. The maximum Gasteiger partial charge on any atom is 0.240 e. The molecule has 5 heteroatoms. The molecule has 2 saturated heterocycles. The van der Waals surface area contributed by atoms with Gasteiger partial charge in [-0.1, -0.05) is 84.9 Å². The second-order valence-corrected chi connectivity index (χ2v) is 9.61. The van der Waals surface area contributed by atoms with Gasteiger partial charge in [0.25, 0.3) is 0 Å². The molecule has 0 aromatic heterocycles. The van der Waals surface area contributed by atoms with Crippen LogP contribution in [0.15, 0.2) is 103 Å². The largest absolute Gasteiger partial charge is 0.358 e. The lowest BCUT2D eigenvalue weighted by molar-refractivity contribution is -0.123. The zero-order chi connectivity index (χ0) is 24.4. The predicted octanol–water partition coefficient (Wildman–Crippen LogP) is 5.24. The summed E-state index contributed by atoms with van der Waals surface area (Å²) in [5.74, 6) is -2.11. The average molecular weight is 471 g/mol. The zero-order valence-corrected chi connectivity index (χ0v) is 19.3. The van der Waals surface area contributed by atoms with E-state index in [4.69, 9.17) is 0 Å². The van der Waals surface area contributed by atoms with Crippen LogP contribution in [-0.2, 0) is 9.59 Å². The molecule has 4 atom stereocenters. The summed E-state index contributed by atoms with van der Waals surface area (Å²) in [5, 5.41) is 1.99. The molecule has 174 valence electrons. The van der Waals surface area contributed by atoms with Crippen LogP contribution in [0.5, 0.6) is 0 Å². The summed E-state index contributed by atoms with van der Waals surface area (Å²) in [5.41, 5.74) is 3.07. The number of rotatable bonds is 3. The highest BCUT2D eigenvalue weighted by atomic mass is 16.2. The van der Waals surface area contributed by atoms with Crippen molar-refractivity contribution in [3.05, 3.63) is 120 Å². The fourth-order valence-corrected chi connectivity index (χ4v) is 6.20. The number of benzene rings is 4.